The van der Waals surface area contributed by atoms with Crippen LogP contribution in [0.1, 0.15) is 51.0 Å². The minimum Gasteiger partial charge on any atom is -0.504 e. The predicted molar refractivity (Wildman–Crippen MR) is 155 cm³/mol. The first-order valence-corrected chi connectivity index (χ1v) is 13.0. The van der Waals surface area contributed by atoms with Gasteiger partial charge in [-0.3, -0.25) is 4.79 Å². The molecule has 0 aliphatic carbocycles. The van der Waals surface area contributed by atoms with E-state index in [-0.39, 0.29) is 18.9 Å². The summed E-state index contributed by atoms with van der Waals surface area (Å²) in [5, 5.41) is 12.2. The number of allylic oxidation sites excluding steroid dienone is 13. The maximum Gasteiger partial charge on any atom is 0.331 e. The Morgan fingerprint density at radius 1 is 0.868 bits per heavy atom. The SMILES string of the molecule is CCCCCCC=CC=CCC=CC=CC=CC=C/C=C\C(=O)OCC(=O)NCc1ccc(O)c(OC)c1. The topological polar surface area (TPSA) is 84.9 Å². The lowest BCUT2D eigenvalue weighted by Gasteiger charge is -2.08. The van der Waals surface area contributed by atoms with Gasteiger partial charge < -0.3 is 19.9 Å². The number of methoxy groups -OCH3 is 1. The number of ether oxygens (including phenoxy) is 2. The summed E-state index contributed by atoms with van der Waals surface area (Å²) >= 11 is 0. The average molecular weight is 520 g/mol. The summed E-state index contributed by atoms with van der Waals surface area (Å²) < 4.78 is 9.94. The molecule has 6 nitrogen and oxygen atoms in total. The number of esters is 1. The van der Waals surface area contributed by atoms with Crippen molar-refractivity contribution in [3.63, 3.8) is 0 Å². The highest BCUT2D eigenvalue weighted by Gasteiger charge is 2.07. The van der Waals surface area contributed by atoms with Gasteiger partial charge in [-0.15, -0.1) is 0 Å². The van der Waals surface area contributed by atoms with E-state index in [4.69, 9.17) is 9.47 Å². The quantitative estimate of drug-likeness (QED) is 0.0963. The fraction of sp³-hybridized carbons (Fsp3) is 0.312. The maximum atomic E-state index is 11.9. The molecule has 0 aliphatic rings. The number of benzene rings is 1. The normalized spacial score (nSPS) is 12.4. The third-order valence-electron chi connectivity index (χ3n) is 5.11. The first-order chi connectivity index (χ1) is 18.6. The summed E-state index contributed by atoms with van der Waals surface area (Å²) in [7, 11) is 1.45. The van der Waals surface area contributed by atoms with Crippen molar-refractivity contribution in [2.45, 2.75) is 52.0 Å². The van der Waals surface area contributed by atoms with E-state index in [1.807, 2.05) is 30.4 Å². The molecule has 204 valence electrons. The van der Waals surface area contributed by atoms with Gasteiger partial charge in [-0.2, -0.15) is 0 Å². The Bertz CT molecular complexity index is 1030. The van der Waals surface area contributed by atoms with Crippen molar-refractivity contribution in [1.82, 2.24) is 5.32 Å². The molecule has 2 N–H and O–H groups in total. The molecule has 0 fully saturated rings. The molecule has 0 bridgehead atoms. The fourth-order valence-corrected chi connectivity index (χ4v) is 3.04. The Balaban J connectivity index is 2.15. The van der Waals surface area contributed by atoms with Crippen molar-refractivity contribution in [2.75, 3.05) is 13.7 Å². The lowest BCUT2D eigenvalue weighted by molar-refractivity contribution is -0.143. The van der Waals surface area contributed by atoms with Crippen LogP contribution in [0, 0.1) is 0 Å². The first-order valence-electron chi connectivity index (χ1n) is 13.0. The smallest absolute Gasteiger partial charge is 0.331 e. The zero-order valence-corrected chi connectivity index (χ0v) is 22.6. The van der Waals surface area contributed by atoms with E-state index < -0.39 is 11.9 Å². The molecule has 1 aromatic carbocycles. The van der Waals surface area contributed by atoms with Crippen molar-refractivity contribution >= 4 is 11.9 Å². The summed E-state index contributed by atoms with van der Waals surface area (Å²) in [6, 6.07) is 4.76. The van der Waals surface area contributed by atoms with E-state index in [0.29, 0.717) is 5.75 Å². The first kappa shape index (κ1) is 32.0. The van der Waals surface area contributed by atoms with Gasteiger partial charge >= 0.3 is 5.97 Å². The monoisotopic (exact) mass is 519 g/mol. The number of rotatable bonds is 18. The Morgan fingerprint density at radius 3 is 2.24 bits per heavy atom. The minimum absolute atomic E-state index is 0.0207. The van der Waals surface area contributed by atoms with Crippen LogP contribution in [0.15, 0.2) is 103 Å². The highest BCUT2D eigenvalue weighted by atomic mass is 16.5. The van der Waals surface area contributed by atoms with E-state index in [0.717, 1.165) is 18.4 Å². The van der Waals surface area contributed by atoms with Gasteiger partial charge in [-0.1, -0.05) is 111 Å². The number of nitrogens with one attached hydrogen (secondary N) is 1. The van der Waals surface area contributed by atoms with Crippen LogP contribution in [0.5, 0.6) is 11.5 Å². The van der Waals surface area contributed by atoms with Crippen LogP contribution in [-0.2, 0) is 20.9 Å². The molecule has 1 rings (SSSR count). The van der Waals surface area contributed by atoms with Crippen LogP contribution >= 0.6 is 0 Å². The molecule has 6 heteroatoms. The number of hydrogen-bond acceptors (Lipinski definition) is 5. The van der Waals surface area contributed by atoms with E-state index >= 15 is 0 Å². The number of amides is 1. The van der Waals surface area contributed by atoms with Crippen molar-refractivity contribution in [1.29, 1.82) is 0 Å². The van der Waals surface area contributed by atoms with Crippen LogP contribution < -0.4 is 10.1 Å². The highest BCUT2D eigenvalue weighted by Crippen LogP contribution is 2.26. The van der Waals surface area contributed by atoms with Crippen LogP contribution in [0.25, 0.3) is 0 Å². The summed E-state index contributed by atoms with van der Waals surface area (Å²) in [6.07, 6.45) is 33.8. The van der Waals surface area contributed by atoms with Gasteiger partial charge in [0, 0.05) is 12.6 Å². The van der Waals surface area contributed by atoms with Crippen molar-refractivity contribution in [3.8, 4) is 11.5 Å². The fourth-order valence-electron chi connectivity index (χ4n) is 3.04. The van der Waals surface area contributed by atoms with Crippen LogP contribution in [0.3, 0.4) is 0 Å². The lowest BCUT2D eigenvalue weighted by Crippen LogP contribution is -2.28. The van der Waals surface area contributed by atoms with Gasteiger partial charge in [0.05, 0.1) is 7.11 Å². The second-order valence-electron chi connectivity index (χ2n) is 8.27. The van der Waals surface area contributed by atoms with Gasteiger partial charge in [-0.25, -0.2) is 4.79 Å². The van der Waals surface area contributed by atoms with Gasteiger partial charge in [0.15, 0.2) is 18.1 Å². The molecular weight excluding hydrogens is 478 g/mol. The molecule has 0 unspecified atom stereocenters. The molecule has 0 heterocycles. The number of carbonyl (C=O) groups is 2. The Labute approximate surface area is 227 Å². The molecule has 0 spiro atoms. The molecule has 0 saturated carbocycles. The number of carbonyl (C=O) groups excluding carboxylic acids is 2. The van der Waals surface area contributed by atoms with E-state index in [2.05, 4.69) is 42.6 Å². The van der Waals surface area contributed by atoms with Gasteiger partial charge in [0.25, 0.3) is 5.91 Å². The van der Waals surface area contributed by atoms with Gasteiger partial charge in [-0.05, 0) is 37.0 Å². The Morgan fingerprint density at radius 2 is 1.53 bits per heavy atom. The summed E-state index contributed by atoms with van der Waals surface area (Å²) in [5.74, 6) is -0.701. The molecule has 38 heavy (non-hydrogen) atoms. The van der Waals surface area contributed by atoms with E-state index in [9.17, 15) is 14.7 Å². The second kappa shape index (κ2) is 22.2. The molecule has 0 atom stereocenters. The number of unbranched alkanes of at least 4 members (excludes halogenated alkanes) is 4. The molecule has 1 amide bonds. The molecular formula is C32H41NO5. The molecule has 0 aliphatic heterocycles. The minimum atomic E-state index is -0.610. The van der Waals surface area contributed by atoms with Crippen molar-refractivity contribution in [2.24, 2.45) is 0 Å². The zero-order valence-electron chi connectivity index (χ0n) is 22.6. The zero-order chi connectivity index (χ0) is 27.7. The molecule has 0 radical (unpaired) electrons. The second-order valence-corrected chi connectivity index (χ2v) is 8.27. The predicted octanol–water partition coefficient (Wildman–Crippen LogP) is 6.81. The van der Waals surface area contributed by atoms with Gasteiger partial charge in [0.2, 0.25) is 0 Å². The van der Waals surface area contributed by atoms with Crippen molar-refractivity contribution < 1.29 is 24.2 Å². The standard InChI is InChI=1S/C32H41NO5/c1-3-4-5-6-7-8-9-10-11-12-13-14-15-16-17-18-19-20-21-22-32(36)38-27-31(35)33-26-28-23-24-29(34)30(25-28)37-2/h8-11,13-25,34H,3-7,12,26-27H2,1-2H3,(H,33,35)/b9-8?,11-10?,14-13?,16-15?,18-17?,20-19?,22-21-. The average Bonchev–Trinajstić information content (AvgIpc) is 2.92. The van der Waals surface area contributed by atoms with Crippen LogP contribution in [0.4, 0.5) is 0 Å². The summed E-state index contributed by atoms with van der Waals surface area (Å²) in [5.41, 5.74) is 0.743. The third-order valence-corrected chi connectivity index (χ3v) is 5.11. The summed E-state index contributed by atoms with van der Waals surface area (Å²) in [6.45, 7) is 2.06. The van der Waals surface area contributed by atoms with Crippen LogP contribution in [-0.4, -0.2) is 30.7 Å². The highest BCUT2D eigenvalue weighted by molar-refractivity contribution is 5.85. The number of aromatic hydroxyl groups is 1. The van der Waals surface area contributed by atoms with E-state index in [1.54, 1.807) is 30.4 Å². The summed E-state index contributed by atoms with van der Waals surface area (Å²) in [4.78, 5) is 23.6. The largest absolute Gasteiger partial charge is 0.504 e. The Kier molecular flexibility index (Phi) is 18.6. The number of phenolic OH excluding ortho intramolecular Hbond substituents is 1. The maximum absolute atomic E-state index is 11.9. The molecule has 0 saturated heterocycles. The number of phenols is 1. The van der Waals surface area contributed by atoms with Crippen LogP contribution in [0.2, 0.25) is 0 Å². The Hall–Kier alpha value is -4.06. The van der Waals surface area contributed by atoms with E-state index in [1.165, 1.54) is 44.9 Å². The number of hydrogen-bond donors (Lipinski definition) is 2. The molecule has 0 aromatic heterocycles. The third kappa shape index (κ3) is 17.4. The molecule has 1 aromatic rings. The van der Waals surface area contributed by atoms with Gasteiger partial charge in [0.1, 0.15) is 0 Å². The lowest BCUT2D eigenvalue weighted by atomic mass is 10.1. The van der Waals surface area contributed by atoms with Crippen molar-refractivity contribution in [3.05, 3.63) is 109 Å².